The molecule has 0 atom stereocenters. The van der Waals surface area contributed by atoms with Gasteiger partial charge in [0.2, 0.25) is 5.91 Å². The minimum Gasteiger partial charge on any atom is -0.322 e. The molecule has 0 aromatic heterocycles. The van der Waals surface area contributed by atoms with Gasteiger partial charge in [-0.25, -0.2) is 8.42 Å². The third kappa shape index (κ3) is 4.23. The number of amides is 1. The molecule has 2 aliphatic rings. The number of anilines is 1. The molecule has 6 nitrogen and oxygen atoms in total. The molecule has 1 saturated carbocycles. The van der Waals surface area contributed by atoms with Gasteiger partial charge in [0.1, 0.15) is 5.84 Å². The Hall–Kier alpha value is -2.15. The molecule has 1 aliphatic carbocycles. The standard InChI is InChI=1S/C17H21N3O3S/c21-17(10-9-13-4-1-5-13)19-14-6-2-7-15(12-14)24(22,23)20-16-8-3-11-18-16/h2,6-7,9-10,12-13H,1,3-5,8,11H2,(H,18,20)(H,19,21)/b10-9+. The van der Waals surface area contributed by atoms with Gasteiger partial charge in [0.25, 0.3) is 10.0 Å². The Bertz CT molecular complexity index is 780. The monoisotopic (exact) mass is 347 g/mol. The molecule has 1 aromatic carbocycles. The van der Waals surface area contributed by atoms with Crippen molar-refractivity contribution in [2.45, 2.75) is 37.0 Å². The molecule has 1 fully saturated rings. The number of nitrogens with zero attached hydrogens (tertiary/aromatic N) is 1. The Labute approximate surface area is 142 Å². The first-order valence-electron chi connectivity index (χ1n) is 8.18. The minimum absolute atomic E-state index is 0.109. The highest BCUT2D eigenvalue weighted by molar-refractivity contribution is 7.90. The average Bonchev–Trinajstić information content (AvgIpc) is 2.98. The molecule has 0 spiro atoms. The Kier molecular flexibility index (Phi) is 4.99. The van der Waals surface area contributed by atoms with E-state index in [9.17, 15) is 13.2 Å². The lowest BCUT2D eigenvalue weighted by Gasteiger charge is -2.21. The normalized spacial score (nSPS) is 18.2. The Morgan fingerprint density at radius 2 is 2.08 bits per heavy atom. The summed E-state index contributed by atoms with van der Waals surface area (Å²) in [6.45, 7) is 0.654. The molecule has 3 rings (SSSR count). The summed E-state index contributed by atoms with van der Waals surface area (Å²) in [6, 6.07) is 6.22. The van der Waals surface area contributed by atoms with Gasteiger partial charge >= 0.3 is 0 Å². The number of nitrogens with one attached hydrogen (secondary N) is 2. The van der Waals surface area contributed by atoms with Crippen LogP contribution in [0.4, 0.5) is 5.69 Å². The zero-order valence-electron chi connectivity index (χ0n) is 13.4. The van der Waals surface area contributed by atoms with Crippen molar-refractivity contribution in [2.75, 3.05) is 11.9 Å². The molecular weight excluding hydrogens is 326 g/mol. The van der Waals surface area contributed by atoms with Crippen LogP contribution in [0.25, 0.3) is 0 Å². The number of sulfonamides is 1. The molecule has 0 radical (unpaired) electrons. The molecule has 0 bridgehead atoms. The molecule has 1 heterocycles. The minimum atomic E-state index is -3.67. The van der Waals surface area contributed by atoms with Crippen molar-refractivity contribution in [2.24, 2.45) is 10.9 Å². The van der Waals surface area contributed by atoms with Crippen molar-refractivity contribution in [3.8, 4) is 0 Å². The number of hydrogen-bond acceptors (Lipinski definition) is 4. The Morgan fingerprint density at radius 1 is 1.25 bits per heavy atom. The molecule has 1 aliphatic heterocycles. The first kappa shape index (κ1) is 16.7. The van der Waals surface area contributed by atoms with Crippen molar-refractivity contribution >= 4 is 27.5 Å². The molecule has 24 heavy (non-hydrogen) atoms. The Balaban J connectivity index is 1.66. The lowest BCUT2D eigenvalue weighted by atomic mass is 9.85. The van der Waals surface area contributed by atoms with Crippen LogP contribution in [-0.4, -0.2) is 26.7 Å². The average molecular weight is 347 g/mol. The van der Waals surface area contributed by atoms with E-state index in [1.807, 2.05) is 6.08 Å². The van der Waals surface area contributed by atoms with Crippen molar-refractivity contribution in [1.29, 1.82) is 0 Å². The zero-order valence-corrected chi connectivity index (χ0v) is 14.2. The Morgan fingerprint density at radius 3 is 2.75 bits per heavy atom. The summed E-state index contributed by atoms with van der Waals surface area (Å²) in [5, 5.41) is 2.70. The van der Waals surface area contributed by atoms with Crippen molar-refractivity contribution in [1.82, 2.24) is 4.72 Å². The quantitative estimate of drug-likeness (QED) is 0.802. The molecule has 7 heteroatoms. The fraction of sp³-hybridized carbons (Fsp3) is 0.412. The van der Waals surface area contributed by atoms with E-state index in [1.165, 1.54) is 24.6 Å². The summed E-state index contributed by atoms with van der Waals surface area (Å²) in [7, 11) is -3.67. The van der Waals surface area contributed by atoms with Crippen molar-refractivity contribution in [3.05, 3.63) is 36.4 Å². The molecule has 2 N–H and O–H groups in total. The van der Waals surface area contributed by atoms with Gasteiger partial charge in [-0.05, 0) is 49.5 Å². The summed E-state index contributed by atoms with van der Waals surface area (Å²) in [4.78, 5) is 16.1. The van der Waals surface area contributed by atoms with E-state index in [0.717, 1.165) is 19.3 Å². The third-order valence-corrected chi connectivity index (χ3v) is 5.59. The number of hydrogen-bond donors (Lipinski definition) is 2. The summed E-state index contributed by atoms with van der Waals surface area (Å²) in [5.74, 6) is 0.747. The summed E-state index contributed by atoms with van der Waals surface area (Å²) in [6.07, 6.45) is 8.42. The second-order valence-corrected chi connectivity index (χ2v) is 7.79. The summed E-state index contributed by atoms with van der Waals surface area (Å²) in [5.41, 5.74) is 0.453. The molecule has 1 aromatic rings. The number of carbonyl (C=O) groups excluding carboxylic acids is 1. The van der Waals surface area contributed by atoms with Crippen LogP contribution in [0.1, 0.15) is 32.1 Å². The lowest BCUT2D eigenvalue weighted by molar-refractivity contribution is -0.111. The van der Waals surface area contributed by atoms with Crippen LogP contribution in [0.2, 0.25) is 0 Å². The maximum Gasteiger partial charge on any atom is 0.262 e. The fourth-order valence-corrected chi connectivity index (χ4v) is 3.75. The molecular formula is C17H21N3O3S. The number of benzene rings is 1. The zero-order chi connectivity index (χ0) is 17.0. The van der Waals surface area contributed by atoms with Crippen molar-refractivity contribution < 1.29 is 13.2 Å². The third-order valence-electron chi connectivity index (χ3n) is 4.21. The van der Waals surface area contributed by atoms with Crippen molar-refractivity contribution in [3.63, 3.8) is 0 Å². The van der Waals surface area contributed by atoms with Gasteiger partial charge in [0.15, 0.2) is 0 Å². The SMILES string of the molecule is O=C(/C=C/C1CCC1)Nc1cccc(S(=O)(=O)NC2=NCCC2)c1. The first-order chi connectivity index (χ1) is 11.5. The van der Waals surface area contributed by atoms with Crippen LogP contribution in [-0.2, 0) is 14.8 Å². The molecule has 128 valence electrons. The van der Waals surface area contributed by atoms with E-state index in [1.54, 1.807) is 12.1 Å². The van der Waals surface area contributed by atoms with E-state index in [4.69, 9.17) is 0 Å². The van der Waals surface area contributed by atoms with Crippen LogP contribution < -0.4 is 10.0 Å². The summed E-state index contributed by atoms with van der Waals surface area (Å²) < 4.78 is 27.2. The second kappa shape index (κ2) is 7.17. The number of aliphatic imine (C=N–C) groups is 1. The van der Waals surface area contributed by atoms with Gasteiger partial charge in [-0.2, -0.15) is 0 Å². The van der Waals surface area contributed by atoms with E-state index in [-0.39, 0.29) is 10.8 Å². The fourth-order valence-electron chi connectivity index (χ4n) is 2.62. The number of amidine groups is 1. The highest BCUT2D eigenvalue weighted by Gasteiger charge is 2.19. The van der Waals surface area contributed by atoms with Crippen LogP contribution in [0.15, 0.2) is 46.3 Å². The number of carbonyl (C=O) groups is 1. The van der Waals surface area contributed by atoms with Gasteiger partial charge in [-0.3, -0.25) is 14.5 Å². The van der Waals surface area contributed by atoms with Gasteiger partial charge < -0.3 is 5.32 Å². The maximum atomic E-state index is 12.4. The lowest BCUT2D eigenvalue weighted by Crippen LogP contribution is -2.29. The largest absolute Gasteiger partial charge is 0.322 e. The second-order valence-electron chi connectivity index (χ2n) is 6.10. The smallest absolute Gasteiger partial charge is 0.262 e. The number of rotatable bonds is 5. The van der Waals surface area contributed by atoms with Gasteiger partial charge in [-0.1, -0.05) is 18.6 Å². The highest BCUT2D eigenvalue weighted by Crippen LogP contribution is 2.27. The van der Waals surface area contributed by atoms with Gasteiger partial charge in [0.05, 0.1) is 4.90 Å². The van der Waals surface area contributed by atoms with E-state index >= 15 is 0 Å². The van der Waals surface area contributed by atoms with Crippen LogP contribution in [0, 0.1) is 5.92 Å². The predicted octanol–water partition coefficient (Wildman–Crippen LogP) is 2.45. The van der Waals surface area contributed by atoms with Gasteiger partial charge in [-0.15, -0.1) is 0 Å². The molecule has 0 saturated heterocycles. The topological polar surface area (TPSA) is 87.6 Å². The van der Waals surface area contributed by atoms with Crippen LogP contribution in [0.3, 0.4) is 0 Å². The maximum absolute atomic E-state index is 12.4. The van der Waals surface area contributed by atoms with Crippen LogP contribution in [0.5, 0.6) is 0 Å². The first-order valence-corrected chi connectivity index (χ1v) is 9.67. The summed E-state index contributed by atoms with van der Waals surface area (Å²) >= 11 is 0. The highest BCUT2D eigenvalue weighted by atomic mass is 32.2. The van der Waals surface area contributed by atoms with Gasteiger partial charge in [0, 0.05) is 18.7 Å². The number of allylic oxidation sites excluding steroid dienone is 1. The van der Waals surface area contributed by atoms with E-state index in [0.29, 0.717) is 30.4 Å². The predicted molar refractivity (Wildman–Crippen MR) is 93.4 cm³/mol. The molecule has 0 unspecified atom stereocenters. The van der Waals surface area contributed by atoms with Crippen LogP contribution >= 0.6 is 0 Å². The van der Waals surface area contributed by atoms with E-state index < -0.39 is 10.0 Å². The van der Waals surface area contributed by atoms with E-state index in [2.05, 4.69) is 15.0 Å². The molecule has 1 amide bonds.